The lowest BCUT2D eigenvalue weighted by Gasteiger charge is -2.11. The van der Waals surface area contributed by atoms with E-state index < -0.39 is 0 Å². The van der Waals surface area contributed by atoms with E-state index in [-0.39, 0.29) is 5.91 Å². The van der Waals surface area contributed by atoms with Gasteiger partial charge in [-0.25, -0.2) is 5.43 Å². The quantitative estimate of drug-likeness (QED) is 0.379. The largest absolute Gasteiger partial charge is 0.493 e. The zero-order valence-electron chi connectivity index (χ0n) is 16.5. The van der Waals surface area contributed by atoms with E-state index in [0.29, 0.717) is 33.7 Å². The predicted molar refractivity (Wildman–Crippen MR) is 120 cm³/mol. The van der Waals surface area contributed by atoms with Gasteiger partial charge < -0.3 is 9.47 Å². The van der Waals surface area contributed by atoms with Crippen LogP contribution in [0.4, 0.5) is 0 Å². The molecule has 5 nitrogen and oxygen atoms in total. The number of nitrogens with one attached hydrogen (secondary N) is 1. The summed E-state index contributed by atoms with van der Waals surface area (Å²) < 4.78 is 11.2. The molecule has 0 aliphatic carbocycles. The second-order valence-electron chi connectivity index (χ2n) is 6.51. The molecule has 3 rings (SSSR count). The van der Waals surface area contributed by atoms with Gasteiger partial charge in [-0.15, -0.1) is 0 Å². The number of carbonyl (C=O) groups is 1. The normalized spacial score (nSPS) is 10.8. The zero-order valence-corrected chi connectivity index (χ0v) is 18.0. The van der Waals surface area contributed by atoms with Crippen molar-refractivity contribution in [3.8, 4) is 11.5 Å². The molecule has 3 aromatic carbocycles. The molecule has 154 valence electrons. The standard InChI is InChI=1S/C23H20Cl2N2O3/c1-15-3-7-18(8-4-15)23(28)27-26-13-16-6-10-21(22(12-16)29-2)30-14-17-5-9-19(24)20(25)11-17/h3-13H,14H2,1-2H3,(H,27,28)/b26-13-. The molecular weight excluding hydrogens is 423 g/mol. The lowest BCUT2D eigenvalue weighted by atomic mass is 10.1. The van der Waals surface area contributed by atoms with E-state index in [1.54, 1.807) is 43.5 Å². The average molecular weight is 443 g/mol. The highest BCUT2D eigenvalue weighted by atomic mass is 35.5. The molecule has 7 heteroatoms. The first-order valence-electron chi connectivity index (χ1n) is 9.11. The van der Waals surface area contributed by atoms with Crippen molar-refractivity contribution >= 4 is 35.3 Å². The number of rotatable bonds is 7. The van der Waals surface area contributed by atoms with Crippen molar-refractivity contribution in [2.24, 2.45) is 5.10 Å². The third-order valence-electron chi connectivity index (χ3n) is 4.26. The Labute approximate surface area is 185 Å². The van der Waals surface area contributed by atoms with Gasteiger partial charge in [0.2, 0.25) is 0 Å². The second-order valence-corrected chi connectivity index (χ2v) is 7.33. The van der Waals surface area contributed by atoms with Crippen LogP contribution in [0.15, 0.2) is 65.8 Å². The van der Waals surface area contributed by atoms with Crippen molar-refractivity contribution in [1.82, 2.24) is 5.43 Å². The second kappa shape index (κ2) is 10.1. The van der Waals surface area contributed by atoms with Crippen molar-refractivity contribution in [1.29, 1.82) is 0 Å². The van der Waals surface area contributed by atoms with Crippen LogP contribution in [0.2, 0.25) is 10.0 Å². The highest BCUT2D eigenvalue weighted by Crippen LogP contribution is 2.29. The summed E-state index contributed by atoms with van der Waals surface area (Å²) in [5.74, 6) is 0.841. The number of aryl methyl sites for hydroxylation is 1. The number of carbonyl (C=O) groups excluding carboxylic acids is 1. The number of hydrogen-bond donors (Lipinski definition) is 1. The number of ether oxygens (including phenoxy) is 2. The van der Waals surface area contributed by atoms with E-state index in [1.807, 2.05) is 31.2 Å². The number of hydrogen-bond acceptors (Lipinski definition) is 4. The Kier molecular flexibility index (Phi) is 7.33. The molecule has 3 aromatic rings. The summed E-state index contributed by atoms with van der Waals surface area (Å²) in [5, 5.41) is 4.98. The lowest BCUT2D eigenvalue weighted by Crippen LogP contribution is -2.17. The van der Waals surface area contributed by atoms with Crippen LogP contribution < -0.4 is 14.9 Å². The molecule has 0 fully saturated rings. The first-order chi connectivity index (χ1) is 14.5. The van der Waals surface area contributed by atoms with Gasteiger partial charge in [0.15, 0.2) is 11.5 Å². The molecule has 0 aliphatic rings. The molecule has 0 spiro atoms. The topological polar surface area (TPSA) is 59.9 Å². The van der Waals surface area contributed by atoms with Crippen LogP contribution >= 0.6 is 23.2 Å². The fourth-order valence-electron chi connectivity index (χ4n) is 2.61. The van der Waals surface area contributed by atoms with Gasteiger partial charge in [-0.2, -0.15) is 5.10 Å². The zero-order chi connectivity index (χ0) is 21.5. The van der Waals surface area contributed by atoms with Gasteiger partial charge in [-0.3, -0.25) is 4.79 Å². The monoisotopic (exact) mass is 442 g/mol. The van der Waals surface area contributed by atoms with Gasteiger partial charge in [0, 0.05) is 5.56 Å². The summed E-state index contributed by atoms with van der Waals surface area (Å²) in [4.78, 5) is 12.1. The maximum absolute atomic E-state index is 12.1. The maximum atomic E-state index is 12.1. The van der Waals surface area contributed by atoms with Crippen LogP contribution in [0.25, 0.3) is 0 Å². The maximum Gasteiger partial charge on any atom is 0.271 e. The van der Waals surface area contributed by atoms with Gasteiger partial charge in [0.25, 0.3) is 5.91 Å². The Balaban J connectivity index is 1.62. The molecule has 30 heavy (non-hydrogen) atoms. The third kappa shape index (κ3) is 5.75. The van der Waals surface area contributed by atoms with E-state index >= 15 is 0 Å². The van der Waals surface area contributed by atoms with Crippen LogP contribution in [0.3, 0.4) is 0 Å². The van der Waals surface area contributed by atoms with Crippen LogP contribution in [-0.2, 0) is 6.61 Å². The number of halogens is 2. The van der Waals surface area contributed by atoms with E-state index in [4.69, 9.17) is 32.7 Å². The Morgan fingerprint density at radius 1 is 1.00 bits per heavy atom. The van der Waals surface area contributed by atoms with Crippen molar-refractivity contribution in [2.45, 2.75) is 13.5 Å². The number of hydrazone groups is 1. The van der Waals surface area contributed by atoms with Crippen LogP contribution in [0.5, 0.6) is 11.5 Å². The minimum atomic E-state index is -0.278. The van der Waals surface area contributed by atoms with E-state index in [2.05, 4.69) is 10.5 Å². The van der Waals surface area contributed by atoms with E-state index in [1.165, 1.54) is 6.21 Å². The SMILES string of the molecule is COc1cc(/C=N\NC(=O)c2ccc(C)cc2)ccc1OCc1ccc(Cl)c(Cl)c1. The fraction of sp³-hybridized carbons (Fsp3) is 0.130. The fourth-order valence-corrected chi connectivity index (χ4v) is 2.93. The number of amides is 1. The van der Waals surface area contributed by atoms with Crippen molar-refractivity contribution in [3.05, 3.63) is 93.0 Å². The van der Waals surface area contributed by atoms with Gasteiger partial charge in [0.1, 0.15) is 6.61 Å². The molecule has 0 radical (unpaired) electrons. The summed E-state index contributed by atoms with van der Waals surface area (Å²) in [7, 11) is 1.56. The Morgan fingerprint density at radius 3 is 2.47 bits per heavy atom. The minimum absolute atomic E-state index is 0.278. The Bertz CT molecular complexity index is 1070. The Hall–Kier alpha value is -3.02. The number of nitrogens with zero attached hydrogens (tertiary/aromatic N) is 1. The molecule has 1 N–H and O–H groups in total. The summed E-state index contributed by atoms with van der Waals surface area (Å²) in [6, 6.07) is 17.9. The van der Waals surface area contributed by atoms with Crippen LogP contribution in [-0.4, -0.2) is 19.2 Å². The number of benzene rings is 3. The highest BCUT2D eigenvalue weighted by molar-refractivity contribution is 6.42. The molecule has 0 aromatic heterocycles. The van der Waals surface area contributed by atoms with E-state index in [0.717, 1.165) is 16.7 Å². The molecule has 0 saturated heterocycles. The lowest BCUT2D eigenvalue weighted by molar-refractivity contribution is 0.0955. The van der Waals surface area contributed by atoms with E-state index in [9.17, 15) is 4.79 Å². The minimum Gasteiger partial charge on any atom is -0.493 e. The number of methoxy groups -OCH3 is 1. The molecular formula is C23H20Cl2N2O3. The van der Waals surface area contributed by atoms with Gasteiger partial charge >= 0.3 is 0 Å². The molecule has 0 saturated carbocycles. The summed E-state index contributed by atoms with van der Waals surface area (Å²) in [5.41, 5.74) is 5.77. The van der Waals surface area contributed by atoms with Gasteiger partial charge in [-0.05, 0) is 60.5 Å². The van der Waals surface area contributed by atoms with Crippen LogP contribution in [0, 0.1) is 6.92 Å². The molecule has 0 heterocycles. The average Bonchev–Trinajstić information content (AvgIpc) is 2.75. The van der Waals surface area contributed by atoms with Crippen LogP contribution in [0.1, 0.15) is 27.0 Å². The van der Waals surface area contributed by atoms with Crippen molar-refractivity contribution in [2.75, 3.05) is 7.11 Å². The summed E-state index contributed by atoms with van der Waals surface area (Å²) in [6.07, 6.45) is 1.54. The molecule has 1 amide bonds. The summed E-state index contributed by atoms with van der Waals surface area (Å²) >= 11 is 12.0. The first-order valence-corrected chi connectivity index (χ1v) is 9.86. The molecule has 0 aliphatic heterocycles. The predicted octanol–water partition coefficient (Wildman–Crippen LogP) is 5.65. The molecule has 0 atom stereocenters. The first kappa shape index (κ1) is 21.7. The van der Waals surface area contributed by atoms with Gasteiger partial charge in [0.05, 0.1) is 23.4 Å². The Morgan fingerprint density at radius 2 is 1.77 bits per heavy atom. The molecule has 0 bridgehead atoms. The third-order valence-corrected chi connectivity index (χ3v) is 5.00. The highest BCUT2D eigenvalue weighted by Gasteiger charge is 2.07. The van der Waals surface area contributed by atoms with Crippen molar-refractivity contribution in [3.63, 3.8) is 0 Å². The molecule has 0 unspecified atom stereocenters. The summed E-state index contributed by atoms with van der Waals surface area (Å²) in [6.45, 7) is 2.28. The van der Waals surface area contributed by atoms with Crippen molar-refractivity contribution < 1.29 is 14.3 Å². The van der Waals surface area contributed by atoms with Gasteiger partial charge in [-0.1, -0.05) is 47.0 Å². The smallest absolute Gasteiger partial charge is 0.271 e.